The molecule has 96 valence electrons. The normalized spacial score (nSPS) is 14.2. The Morgan fingerprint density at radius 3 is 2.37 bits per heavy atom. The largest absolute Gasteiger partial charge is 0.586 e. The van der Waals surface area contributed by atoms with Gasteiger partial charge in [0.05, 0.1) is 5.69 Å². The summed E-state index contributed by atoms with van der Waals surface area (Å²) in [7, 11) is 0. The predicted molar refractivity (Wildman–Crippen MR) is 54.9 cm³/mol. The van der Waals surface area contributed by atoms with Crippen LogP contribution < -0.4 is 14.9 Å². The summed E-state index contributed by atoms with van der Waals surface area (Å²) in [6.07, 6.45) is -3.86. The van der Waals surface area contributed by atoms with Crippen molar-refractivity contribution in [2.45, 2.75) is 6.29 Å². The van der Waals surface area contributed by atoms with Crippen molar-refractivity contribution in [2.75, 3.05) is 5.43 Å². The van der Waals surface area contributed by atoms with Gasteiger partial charge >= 0.3 is 6.29 Å². The molecule has 0 aromatic heterocycles. The van der Waals surface area contributed by atoms with E-state index in [2.05, 4.69) is 20.0 Å². The van der Waals surface area contributed by atoms with E-state index in [0.29, 0.717) is 6.07 Å². The van der Waals surface area contributed by atoms with Gasteiger partial charge in [-0.15, -0.1) is 8.78 Å². The van der Waals surface area contributed by atoms with Crippen LogP contribution in [0.1, 0.15) is 0 Å². The second kappa shape index (κ2) is 4.38. The molecule has 0 saturated carbocycles. The lowest BCUT2D eigenvalue weighted by molar-refractivity contribution is -0.286. The monoisotopic (exact) mass is 268 g/mol. The number of hydrazone groups is 1. The number of fused-ring (bicyclic) bond motifs is 1. The molecule has 1 aliphatic heterocycles. The van der Waals surface area contributed by atoms with Crippen molar-refractivity contribution in [3.8, 4) is 23.6 Å². The SMILES string of the molecule is N#CC(C#N)=NNc1cc2c(cc1F)OC(F)(F)O2. The molecule has 1 heterocycles. The number of halogens is 3. The molecule has 0 fully saturated rings. The minimum absolute atomic E-state index is 0.344. The van der Waals surface area contributed by atoms with E-state index >= 15 is 0 Å². The van der Waals surface area contributed by atoms with E-state index in [0.717, 1.165) is 6.07 Å². The molecule has 0 aliphatic carbocycles. The maximum Gasteiger partial charge on any atom is 0.586 e. The fourth-order valence-corrected chi connectivity index (χ4v) is 1.25. The summed E-state index contributed by atoms with van der Waals surface area (Å²) in [6, 6.07) is 4.42. The summed E-state index contributed by atoms with van der Waals surface area (Å²) in [4.78, 5) is 0. The van der Waals surface area contributed by atoms with Gasteiger partial charge in [-0.3, -0.25) is 5.43 Å². The topological polar surface area (TPSA) is 90.4 Å². The van der Waals surface area contributed by atoms with Gasteiger partial charge in [0.15, 0.2) is 17.3 Å². The van der Waals surface area contributed by atoms with Crippen molar-refractivity contribution >= 4 is 11.4 Å². The molecule has 19 heavy (non-hydrogen) atoms. The highest BCUT2D eigenvalue weighted by Crippen LogP contribution is 2.43. The molecule has 6 nitrogen and oxygen atoms in total. The quantitative estimate of drug-likeness (QED) is 0.654. The highest BCUT2D eigenvalue weighted by atomic mass is 19.3. The number of benzene rings is 1. The molecule has 1 aromatic rings. The molecule has 0 radical (unpaired) electrons. The van der Waals surface area contributed by atoms with Crippen molar-refractivity contribution < 1.29 is 22.6 Å². The molecule has 0 bridgehead atoms. The third kappa shape index (κ3) is 2.50. The minimum atomic E-state index is -3.86. The van der Waals surface area contributed by atoms with Gasteiger partial charge in [0.1, 0.15) is 12.1 Å². The Morgan fingerprint density at radius 2 is 1.79 bits per heavy atom. The Labute approximate surface area is 104 Å². The third-order valence-corrected chi connectivity index (χ3v) is 1.99. The zero-order valence-electron chi connectivity index (χ0n) is 8.95. The number of nitriles is 2. The molecule has 9 heteroatoms. The van der Waals surface area contributed by atoms with Gasteiger partial charge in [0, 0.05) is 12.1 Å². The van der Waals surface area contributed by atoms with Crippen LogP contribution >= 0.6 is 0 Å². The lowest BCUT2D eigenvalue weighted by atomic mass is 10.2. The lowest BCUT2D eigenvalue weighted by Gasteiger charge is -2.04. The number of nitrogens with zero attached hydrogens (tertiary/aromatic N) is 3. The Kier molecular flexibility index (Phi) is 2.89. The van der Waals surface area contributed by atoms with Crippen LogP contribution in [0.2, 0.25) is 0 Å². The van der Waals surface area contributed by atoms with E-state index in [4.69, 9.17) is 10.5 Å². The second-order valence-corrected chi connectivity index (χ2v) is 3.24. The van der Waals surface area contributed by atoms with Crippen molar-refractivity contribution in [3.63, 3.8) is 0 Å². The first-order chi connectivity index (χ1) is 8.95. The third-order valence-electron chi connectivity index (χ3n) is 1.99. The molecular formula is C10H3F3N4O2. The number of hydrogen-bond donors (Lipinski definition) is 1. The number of ether oxygens (including phenoxy) is 2. The second-order valence-electron chi connectivity index (χ2n) is 3.24. The van der Waals surface area contributed by atoms with Gasteiger partial charge in [0.25, 0.3) is 0 Å². The van der Waals surface area contributed by atoms with E-state index in [1.54, 1.807) is 0 Å². The average molecular weight is 268 g/mol. The highest BCUT2D eigenvalue weighted by Gasteiger charge is 2.44. The van der Waals surface area contributed by atoms with E-state index in [-0.39, 0.29) is 11.4 Å². The standard InChI is InChI=1S/C10H3F3N4O2/c11-6-1-8-9(19-10(12,13)18-8)2-7(6)17-16-5(3-14)4-15/h1-2,17H. The molecule has 0 atom stereocenters. The average Bonchev–Trinajstić information content (AvgIpc) is 2.63. The fraction of sp³-hybridized carbons (Fsp3) is 0.100. The molecule has 2 rings (SSSR count). The minimum Gasteiger partial charge on any atom is -0.395 e. The highest BCUT2D eigenvalue weighted by molar-refractivity contribution is 6.10. The zero-order chi connectivity index (χ0) is 14.0. The summed E-state index contributed by atoms with van der Waals surface area (Å²) in [5.74, 6) is -1.81. The summed E-state index contributed by atoms with van der Waals surface area (Å²) < 4.78 is 47.1. The molecule has 1 N–H and O–H groups in total. The first kappa shape index (κ1) is 12.5. The molecule has 1 aliphatic rings. The van der Waals surface area contributed by atoms with Crippen LogP contribution in [0.5, 0.6) is 11.5 Å². The maximum atomic E-state index is 13.5. The van der Waals surface area contributed by atoms with Crippen molar-refractivity contribution in [1.29, 1.82) is 10.5 Å². The van der Waals surface area contributed by atoms with Crippen LogP contribution in [0.3, 0.4) is 0 Å². The zero-order valence-corrected chi connectivity index (χ0v) is 8.95. The number of anilines is 1. The predicted octanol–water partition coefficient (Wildman–Crippen LogP) is 1.96. The molecule has 0 spiro atoms. The molecule has 1 aromatic carbocycles. The van der Waals surface area contributed by atoms with Gasteiger partial charge in [0.2, 0.25) is 5.71 Å². The first-order valence-electron chi connectivity index (χ1n) is 4.68. The summed E-state index contributed by atoms with van der Waals surface area (Å²) in [6.45, 7) is 0. The molecule has 0 amide bonds. The maximum absolute atomic E-state index is 13.5. The van der Waals surface area contributed by atoms with E-state index in [9.17, 15) is 13.2 Å². The Hall–Kier alpha value is -2.94. The van der Waals surface area contributed by atoms with Crippen LogP contribution in [-0.4, -0.2) is 12.0 Å². The Balaban J connectivity index is 2.29. The number of hydrogen-bond acceptors (Lipinski definition) is 6. The van der Waals surface area contributed by atoms with E-state index in [1.807, 2.05) is 0 Å². The van der Waals surface area contributed by atoms with Crippen molar-refractivity contribution in [3.05, 3.63) is 17.9 Å². The van der Waals surface area contributed by atoms with Gasteiger partial charge in [-0.1, -0.05) is 0 Å². The fourth-order valence-electron chi connectivity index (χ4n) is 1.25. The van der Waals surface area contributed by atoms with Crippen molar-refractivity contribution in [1.82, 2.24) is 0 Å². The molecule has 0 unspecified atom stereocenters. The number of rotatable bonds is 2. The summed E-state index contributed by atoms with van der Waals surface area (Å²) in [5, 5.41) is 20.1. The summed E-state index contributed by atoms with van der Waals surface area (Å²) in [5.41, 5.74) is 1.16. The van der Waals surface area contributed by atoms with Crippen LogP contribution in [0.25, 0.3) is 0 Å². The van der Waals surface area contributed by atoms with Gasteiger partial charge in [-0.25, -0.2) is 4.39 Å². The van der Waals surface area contributed by atoms with Gasteiger partial charge < -0.3 is 9.47 Å². The van der Waals surface area contributed by atoms with E-state index < -0.39 is 23.6 Å². The van der Waals surface area contributed by atoms with Gasteiger partial charge in [-0.05, 0) is 0 Å². The van der Waals surface area contributed by atoms with Crippen LogP contribution in [0.15, 0.2) is 17.2 Å². The smallest absolute Gasteiger partial charge is 0.395 e. The number of alkyl halides is 2. The van der Waals surface area contributed by atoms with Crippen LogP contribution in [-0.2, 0) is 0 Å². The van der Waals surface area contributed by atoms with Crippen molar-refractivity contribution in [2.24, 2.45) is 5.10 Å². The van der Waals surface area contributed by atoms with Crippen LogP contribution in [0.4, 0.5) is 18.9 Å². The van der Waals surface area contributed by atoms with Gasteiger partial charge in [-0.2, -0.15) is 15.6 Å². The lowest BCUT2D eigenvalue weighted by Crippen LogP contribution is -2.25. The molecule has 0 saturated heterocycles. The van der Waals surface area contributed by atoms with Crippen LogP contribution in [0, 0.1) is 28.5 Å². The number of nitrogens with one attached hydrogen (secondary N) is 1. The Bertz CT molecular complexity index is 629. The molecular weight excluding hydrogens is 265 g/mol. The van der Waals surface area contributed by atoms with E-state index in [1.165, 1.54) is 12.1 Å². The summed E-state index contributed by atoms with van der Waals surface area (Å²) >= 11 is 0. The first-order valence-corrected chi connectivity index (χ1v) is 4.68. The Morgan fingerprint density at radius 1 is 1.21 bits per heavy atom.